The number of urea groups is 1. The van der Waals surface area contributed by atoms with E-state index in [1.807, 2.05) is 4.90 Å². The summed E-state index contributed by atoms with van der Waals surface area (Å²) in [5.74, 6) is -0.516. The van der Waals surface area contributed by atoms with Crippen LogP contribution in [0, 0.1) is 17.6 Å². The average molecular weight is 460 g/mol. The SMILES string of the molecule is C.CN(C(=O)Nc1cnc(-c2cc(F)ccc2F)cn1)C1CCN(C(=O)C2CCCC2)CC1. The van der Waals surface area contributed by atoms with Crippen molar-refractivity contribution in [3.63, 3.8) is 0 Å². The molecule has 1 aromatic heterocycles. The minimum Gasteiger partial charge on any atom is -0.342 e. The molecular formula is C24H31F2N5O2. The third-order valence-electron chi connectivity index (χ3n) is 6.44. The number of hydrogen-bond acceptors (Lipinski definition) is 4. The van der Waals surface area contributed by atoms with Gasteiger partial charge in [0, 0.05) is 37.7 Å². The third-order valence-corrected chi connectivity index (χ3v) is 6.44. The van der Waals surface area contributed by atoms with Crippen LogP contribution in [-0.2, 0) is 4.79 Å². The van der Waals surface area contributed by atoms with Gasteiger partial charge in [-0.15, -0.1) is 0 Å². The predicted octanol–water partition coefficient (Wildman–Crippen LogP) is 4.70. The average Bonchev–Trinajstić information content (AvgIpc) is 3.35. The number of aromatic nitrogens is 2. The Labute approximate surface area is 193 Å². The number of likely N-dealkylation sites (tertiary alicyclic amines) is 1. The molecule has 9 heteroatoms. The molecule has 1 aromatic carbocycles. The van der Waals surface area contributed by atoms with E-state index in [1.165, 1.54) is 12.4 Å². The molecule has 2 aliphatic rings. The lowest BCUT2D eigenvalue weighted by Crippen LogP contribution is -2.49. The standard InChI is InChI=1S/C23H27F2N5O2.CH4/c1-29(17-8-10-30(11-9-17)22(31)15-4-2-3-5-15)23(32)28-21-14-26-20(13-27-21)18-12-16(24)6-7-19(18)25;/h6-7,12-15,17H,2-5,8-11H2,1H3,(H,27,28,32);1H4. The fourth-order valence-electron chi connectivity index (χ4n) is 4.49. The highest BCUT2D eigenvalue weighted by molar-refractivity contribution is 5.88. The van der Waals surface area contributed by atoms with E-state index in [0.717, 1.165) is 56.7 Å². The molecule has 1 aliphatic heterocycles. The number of benzene rings is 1. The monoisotopic (exact) mass is 459 g/mol. The Hall–Kier alpha value is -3.10. The summed E-state index contributed by atoms with van der Waals surface area (Å²) in [6, 6.07) is 2.81. The van der Waals surface area contributed by atoms with E-state index < -0.39 is 11.6 Å². The first-order valence-electron chi connectivity index (χ1n) is 11.0. The van der Waals surface area contributed by atoms with E-state index in [2.05, 4.69) is 15.3 Å². The van der Waals surface area contributed by atoms with Crippen LogP contribution in [-0.4, -0.2) is 57.9 Å². The molecule has 1 N–H and O–H groups in total. The number of rotatable bonds is 4. The molecular weight excluding hydrogens is 428 g/mol. The van der Waals surface area contributed by atoms with Crippen molar-refractivity contribution in [1.29, 1.82) is 0 Å². The fourth-order valence-corrected chi connectivity index (χ4v) is 4.49. The molecule has 7 nitrogen and oxygen atoms in total. The predicted molar refractivity (Wildman–Crippen MR) is 122 cm³/mol. The summed E-state index contributed by atoms with van der Waals surface area (Å²) in [5.41, 5.74) is 0.180. The molecule has 2 heterocycles. The number of carbonyl (C=O) groups excluding carboxylic acids is 2. The van der Waals surface area contributed by atoms with Crippen LogP contribution in [0.1, 0.15) is 46.0 Å². The summed E-state index contributed by atoms with van der Waals surface area (Å²) < 4.78 is 27.3. The second-order valence-electron chi connectivity index (χ2n) is 8.49. The first-order chi connectivity index (χ1) is 15.4. The number of halogens is 2. The molecule has 2 aromatic rings. The van der Waals surface area contributed by atoms with Gasteiger partial charge >= 0.3 is 6.03 Å². The number of amides is 3. The zero-order valence-electron chi connectivity index (χ0n) is 18.1. The largest absolute Gasteiger partial charge is 0.342 e. The number of nitrogens with one attached hydrogen (secondary N) is 1. The van der Waals surface area contributed by atoms with Crippen LogP contribution in [0.15, 0.2) is 30.6 Å². The molecule has 0 bridgehead atoms. The summed E-state index contributed by atoms with van der Waals surface area (Å²) in [4.78, 5) is 37.0. The van der Waals surface area contributed by atoms with Crippen molar-refractivity contribution in [3.8, 4) is 11.3 Å². The fraction of sp³-hybridized carbons (Fsp3) is 0.500. The minimum atomic E-state index is -0.602. The molecule has 0 spiro atoms. The van der Waals surface area contributed by atoms with Crippen molar-refractivity contribution in [2.75, 3.05) is 25.5 Å². The van der Waals surface area contributed by atoms with E-state index in [-0.39, 0.29) is 48.4 Å². The van der Waals surface area contributed by atoms with Gasteiger partial charge in [-0.1, -0.05) is 20.3 Å². The van der Waals surface area contributed by atoms with Crippen molar-refractivity contribution >= 4 is 17.8 Å². The van der Waals surface area contributed by atoms with Crippen molar-refractivity contribution < 1.29 is 18.4 Å². The Bertz CT molecular complexity index is 971. The van der Waals surface area contributed by atoms with Gasteiger partial charge in [-0.25, -0.2) is 18.6 Å². The smallest absolute Gasteiger partial charge is 0.323 e. The highest BCUT2D eigenvalue weighted by Gasteiger charge is 2.32. The zero-order chi connectivity index (χ0) is 22.7. The Morgan fingerprint density at radius 2 is 1.76 bits per heavy atom. The lowest BCUT2D eigenvalue weighted by atomic mass is 10.0. The molecule has 4 rings (SSSR count). The number of hydrogen-bond donors (Lipinski definition) is 1. The van der Waals surface area contributed by atoms with Gasteiger partial charge in [0.25, 0.3) is 0 Å². The van der Waals surface area contributed by atoms with Crippen LogP contribution >= 0.6 is 0 Å². The molecule has 0 atom stereocenters. The number of carbonyl (C=O) groups is 2. The Morgan fingerprint density at radius 1 is 1.06 bits per heavy atom. The van der Waals surface area contributed by atoms with Crippen molar-refractivity contribution in [1.82, 2.24) is 19.8 Å². The van der Waals surface area contributed by atoms with Crippen LogP contribution in [0.2, 0.25) is 0 Å². The summed E-state index contributed by atoms with van der Waals surface area (Å²) in [6.45, 7) is 1.32. The quantitative estimate of drug-likeness (QED) is 0.719. The van der Waals surface area contributed by atoms with E-state index in [0.29, 0.717) is 13.1 Å². The van der Waals surface area contributed by atoms with Crippen LogP contribution < -0.4 is 5.32 Å². The maximum Gasteiger partial charge on any atom is 0.323 e. The van der Waals surface area contributed by atoms with E-state index in [1.54, 1.807) is 11.9 Å². The van der Waals surface area contributed by atoms with E-state index >= 15 is 0 Å². The molecule has 2 fully saturated rings. The van der Waals surface area contributed by atoms with Crippen molar-refractivity contribution in [2.24, 2.45) is 5.92 Å². The van der Waals surface area contributed by atoms with Gasteiger partial charge in [0.2, 0.25) is 5.91 Å². The molecule has 1 aliphatic carbocycles. The normalized spacial score (nSPS) is 16.9. The molecule has 3 amide bonds. The van der Waals surface area contributed by atoms with Crippen molar-refractivity contribution in [3.05, 3.63) is 42.2 Å². The Balaban J connectivity index is 0.00000306. The minimum absolute atomic E-state index is 0. The number of piperidine rings is 1. The third kappa shape index (κ3) is 5.64. The molecule has 0 radical (unpaired) electrons. The summed E-state index contributed by atoms with van der Waals surface area (Å²) in [5, 5.41) is 2.69. The first kappa shape index (κ1) is 24.5. The van der Waals surface area contributed by atoms with Crippen LogP contribution in [0.25, 0.3) is 11.3 Å². The molecule has 1 saturated heterocycles. The van der Waals surface area contributed by atoms with Gasteiger partial charge in [-0.05, 0) is 43.9 Å². The van der Waals surface area contributed by atoms with Crippen molar-refractivity contribution in [2.45, 2.75) is 52.0 Å². The van der Waals surface area contributed by atoms with Gasteiger partial charge in [-0.3, -0.25) is 15.1 Å². The molecule has 33 heavy (non-hydrogen) atoms. The van der Waals surface area contributed by atoms with Gasteiger partial charge in [0.1, 0.15) is 11.6 Å². The maximum absolute atomic E-state index is 13.9. The second-order valence-corrected chi connectivity index (χ2v) is 8.49. The van der Waals surface area contributed by atoms with E-state index in [4.69, 9.17) is 0 Å². The topological polar surface area (TPSA) is 78.4 Å². The summed E-state index contributed by atoms with van der Waals surface area (Å²) >= 11 is 0. The summed E-state index contributed by atoms with van der Waals surface area (Å²) in [6.07, 6.45) is 8.32. The van der Waals surface area contributed by atoms with Crippen LogP contribution in [0.4, 0.5) is 19.4 Å². The van der Waals surface area contributed by atoms with Gasteiger partial charge in [-0.2, -0.15) is 0 Å². The second kappa shape index (κ2) is 10.7. The maximum atomic E-state index is 13.9. The Morgan fingerprint density at radius 3 is 2.39 bits per heavy atom. The molecule has 178 valence electrons. The number of nitrogens with zero attached hydrogens (tertiary/aromatic N) is 4. The van der Waals surface area contributed by atoms with Crippen LogP contribution in [0.3, 0.4) is 0 Å². The van der Waals surface area contributed by atoms with Gasteiger partial charge < -0.3 is 9.80 Å². The van der Waals surface area contributed by atoms with E-state index in [9.17, 15) is 18.4 Å². The van der Waals surface area contributed by atoms with Crippen LogP contribution in [0.5, 0.6) is 0 Å². The first-order valence-corrected chi connectivity index (χ1v) is 11.0. The lowest BCUT2D eigenvalue weighted by Gasteiger charge is -2.37. The highest BCUT2D eigenvalue weighted by Crippen LogP contribution is 2.28. The Kier molecular flexibility index (Phi) is 7.94. The number of anilines is 1. The molecule has 0 unspecified atom stereocenters. The summed E-state index contributed by atoms with van der Waals surface area (Å²) in [7, 11) is 1.72. The van der Waals surface area contributed by atoms with Gasteiger partial charge in [0.15, 0.2) is 5.82 Å². The zero-order valence-corrected chi connectivity index (χ0v) is 18.1. The molecule has 1 saturated carbocycles. The highest BCUT2D eigenvalue weighted by atomic mass is 19.1. The lowest BCUT2D eigenvalue weighted by molar-refractivity contribution is -0.136. The van der Waals surface area contributed by atoms with Gasteiger partial charge in [0.05, 0.1) is 18.1 Å².